The highest BCUT2D eigenvalue weighted by Gasteiger charge is 2.56. The number of carbonyl (C=O) groups excluding carboxylic acids is 2. The summed E-state index contributed by atoms with van der Waals surface area (Å²) in [5.74, 6) is -2.11. The minimum Gasteiger partial charge on any atom is -0.307 e. The van der Waals surface area contributed by atoms with Gasteiger partial charge in [-0.15, -0.1) is 0 Å². The topological polar surface area (TPSA) is 113 Å². The number of nitro groups is 1. The molecule has 1 saturated heterocycles. The molecule has 3 aromatic rings. The number of hydrogen-bond donors (Lipinski definition) is 1. The van der Waals surface area contributed by atoms with Gasteiger partial charge in [-0.25, -0.2) is 4.90 Å². The van der Waals surface area contributed by atoms with Crippen LogP contribution in [0.15, 0.2) is 64.4 Å². The van der Waals surface area contributed by atoms with Crippen molar-refractivity contribution in [1.82, 2.24) is 4.98 Å². The zero-order chi connectivity index (χ0) is 21.0. The average molecular weight is 439 g/mol. The molecule has 0 aliphatic carbocycles. The normalized spacial score (nSPS) is 22.7. The van der Waals surface area contributed by atoms with Crippen LogP contribution in [-0.2, 0) is 9.59 Å². The lowest BCUT2D eigenvalue weighted by Gasteiger charge is -2.29. The van der Waals surface area contributed by atoms with Gasteiger partial charge in [0.25, 0.3) is 5.69 Å². The highest BCUT2D eigenvalue weighted by atomic mass is 32.2. The minimum absolute atomic E-state index is 0.108. The van der Waals surface area contributed by atoms with Gasteiger partial charge in [0, 0.05) is 22.9 Å². The Balaban J connectivity index is 1.67. The van der Waals surface area contributed by atoms with Crippen LogP contribution in [0.25, 0.3) is 0 Å². The third-order valence-corrected chi connectivity index (χ3v) is 7.68. The second-order valence-corrected chi connectivity index (χ2v) is 9.12. The molecule has 3 atom stereocenters. The molecule has 0 unspecified atom stereocenters. The van der Waals surface area contributed by atoms with Gasteiger partial charge in [-0.1, -0.05) is 53.4 Å². The first-order valence-corrected chi connectivity index (χ1v) is 10.7. The van der Waals surface area contributed by atoms with E-state index in [9.17, 15) is 24.5 Å². The Morgan fingerprint density at radius 1 is 1.00 bits per heavy atom. The lowest BCUT2D eigenvalue weighted by molar-refractivity contribution is -0.384. The van der Waals surface area contributed by atoms with Gasteiger partial charge in [0.2, 0.25) is 11.8 Å². The van der Waals surface area contributed by atoms with Gasteiger partial charge in [-0.05, 0) is 17.7 Å². The summed E-state index contributed by atoms with van der Waals surface area (Å²) < 4.78 is 0. The molecule has 3 heterocycles. The van der Waals surface area contributed by atoms with Crippen LogP contribution in [0.5, 0.6) is 0 Å². The highest BCUT2D eigenvalue weighted by molar-refractivity contribution is 8.00. The van der Waals surface area contributed by atoms with Crippen molar-refractivity contribution >= 4 is 46.3 Å². The van der Waals surface area contributed by atoms with Crippen LogP contribution in [0.2, 0.25) is 0 Å². The molecular weight excluding hydrogens is 426 g/mol. The number of hydrogen-bond acceptors (Lipinski definition) is 7. The fourth-order valence-corrected chi connectivity index (χ4v) is 6.55. The molecule has 0 spiro atoms. The highest BCUT2D eigenvalue weighted by Crippen LogP contribution is 2.53. The Morgan fingerprint density at radius 2 is 1.77 bits per heavy atom. The van der Waals surface area contributed by atoms with Crippen LogP contribution >= 0.6 is 23.1 Å². The Hall–Kier alpha value is -3.24. The maximum absolute atomic E-state index is 13.4. The van der Waals surface area contributed by atoms with Gasteiger partial charge < -0.3 is 4.98 Å². The molecule has 2 aliphatic rings. The zero-order valence-electron chi connectivity index (χ0n) is 15.2. The Kier molecular flexibility index (Phi) is 4.33. The SMILES string of the molecule is O=C1[C@@H]2[C@@H](c3cccc([N+](=O)[O-])c3)c3sc(=O)[nH]c3S[C@H]2C(=O)N1c1ccccc1. The van der Waals surface area contributed by atoms with E-state index in [4.69, 9.17) is 0 Å². The van der Waals surface area contributed by atoms with Crippen LogP contribution in [0.1, 0.15) is 16.4 Å². The number of anilines is 1. The van der Waals surface area contributed by atoms with Crippen molar-refractivity contribution in [2.45, 2.75) is 16.2 Å². The number of nitrogens with one attached hydrogen (secondary N) is 1. The van der Waals surface area contributed by atoms with E-state index in [0.29, 0.717) is 21.2 Å². The van der Waals surface area contributed by atoms with E-state index in [-0.39, 0.29) is 22.4 Å². The lowest BCUT2D eigenvalue weighted by Crippen LogP contribution is -2.32. The van der Waals surface area contributed by atoms with Crippen molar-refractivity contribution in [1.29, 1.82) is 0 Å². The summed E-state index contributed by atoms with van der Waals surface area (Å²) in [5, 5.41) is 11.1. The van der Waals surface area contributed by atoms with Crippen LogP contribution in [0.4, 0.5) is 11.4 Å². The van der Waals surface area contributed by atoms with Crippen molar-refractivity contribution in [2.24, 2.45) is 5.92 Å². The van der Waals surface area contributed by atoms with Crippen LogP contribution in [0, 0.1) is 16.0 Å². The molecule has 5 rings (SSSR count). The molecule has 2 aromatic carbocycles. The number of thiazole rings is 1. The largest absolute Gasteiger partial charge is 0.307 e. The number of carbonyl (C=O) groups is 2. The van der Waals surface area contributed by atoms with Crippen molar-refractivity contribution in [3.8, 4) is 0 Å². The first-order chi connectivity index (χ1) is 14.5. The number of nitro benzene ring substituents is 1. The van der Waals surface area contributed by atoms with Gasteiger partial charge >= 0.3 is 4.87 Å². The third-order valence-electron chi connectivity index (χ3n) is 5.28. The molecule has 150 valence electrons. The van der Waals surface area contributed by atoms with Gasteiger partial charge in [-0.3, -0.25) is 24.5 Å². The number of rotatable bonds is 3. The summed E-state index contributed by atoms with van der Waals surface area (Å²) in [7, 11) is 0. The number of fused-ring (bicyclic) bond motifs is 2. The number of benzene rings is 2. The summed E-state index contributed by atoms with van der Waals surface area (Å²) >= 11 is 2.15. The summed E-state index contributed by atoms with van der Waals surface area (Å²) in [6.07, 6.45) is 0. The molecule has 1 aromatic heterocycles. The van der Waals surface area contributed by atoms with Gasteiger partial charge in [0.15, 0.2) is 0 Å². The van der Waals surface area contributed by atoms with Crippen LogP contribution < -0.4 is 9.77 Å². The second-order valence-electron chi connectivity index (χ2n) is 6.95. The maximum atomic E-state index is 13.4. The minimum atomic E-state index is -0.760. The maximum Gasteiger partial charge on any atom is 0.305 e. The van der Waals surface area contributed by atoms with Crippen molar-refractivity contribution < 1.29 is 14.5 Å². The number of aromatic nitrogens is 1. The zero-order valence-corrected chi connectivity index (χ0v) is 16.8. The first-order valence-electron chi connectivity index (χ1n) is 9.02. The standard InChI is InChI=1S/C20H13N3O5S2/c24-18-14-13(10-5-4-8-12(9-10)23(27)28)15-17(21-20(26)30-15)29-16(14)19(25)22(18)11-6-2-1-3-7-11/h1-9,13-14,16H,(H,21,26)/t13-,14-,16-/m1/s1. The Bertz CT molecular complexity index is 1250. The van der Waals surface area contributed by atoms with E-state index in [1.165, 1.54) is 28.8 Å². The van der Waals surface area contributed by atoms with Crippen molar-refractivity contribution in [2.75, 3.05) is 4.90 Å². The number of thioether (sulfide) groups is 1. The predicted molar refractivity (Wildman–Crippen MR) is 112 cm³/mol. The van der Waals surface area contributed by atoms with Gasteiger partial charge in [0.05, 0.1) is 21.6 Å². The number of H-pyrrole nitrogens is 1. The van der Waals surface area contributed by atoms with Crippen LogP contribution in [0.3, 0.4) is 0 Å². The molecule has 1 N–H and O–H groups in total. The van der Waals surface area contributed by atoms with E-state index in [0.717, 1.165) is 11.3 Å². The Morgan fingerprint density at radius 3 is 2.50 bits per heavy atom. The molecular formula is C20H13N3O5S2. The molecule has 1 fully saturated rings. The summed E-state index contributed by atoms with van der Waals surface area (Å²) in [6, 6.07) is 14.7. The molecule has 2 amide bonds. The molecule has 30 heavy (non-hydrogen) atoms. The first kappa shape index (κ1) is 18.8. The summed E-state index contributed by atoms with van der Waals surface area (Å²) in [6.45, 7) is 0. The number of nitrogens with zero attached hydrogens (tertiary/aromatic N) is 2. The van der Waals surface area contributed by atoms with Crippen molar-refractivity contribution in [3.63, 3.8) is 0 Å². The van der Waals surface area contributed by atoms with E-state index in [2.05, 4.69) is 4.98 Å². The van der Waals surface area contributed by atoms with Gasteiger partial charge in [-0.2, -0.15) is 0 Å². The summed E-state index contributed by atoms with van der Waals surface area (Å²) in [5.41, 5.74) is 0.910. The number of imide groups is 1. The van der Waals surface area contributed by atoms with Crippen molar-refractivity contribution in [3.05, 3.63) is 84.8 Å². The predicted octanol–water partition coefficient (Wildman–Crippen LogP) is 3.14. The van der Waals surface area contributed by atoms with Gasteiger partial charge in [0.1, 0.15) is 5.25 Å². The molecule has 0 radical (unpaired) electrons. The van der Waals surface area contributed by atoms with E-state index >= 15 is 0 Å². The average Bonchev–Trinajstić information content (AvgIpc) is 3.23. The molecule has 0 bridgehead atoms. The smallest absolute Gasteiger partial charge is 0.305 e. The monoisotopic (exact) mass is 439 g/mol. The fraction of sp³-hybridized carbons (Fsp3) is 0.150. The number of amides is 2. The molecule has 10 heteroatoms. The molecule has 0 saturated carbocycles. The molecule has 2 aliphatic heterocycles. The quantitative estimate of drug-likeness (QED) is 0.381. The third kappa shape index (κ3) is 2.79. The Labute approximate surface area is 177 Å². The second kappa shape index (κ2) is 6.92. The van der Waals surface area contributed by atoms with Crippen LogP contribution in [-0.4, -0.2) is 27.0 Å². The molecule has 8 nitrogen and oxygen atoms in total. The number of non-ortho nitro benzene ring substituents is 1. The fourth-order valence-electron chi connectivity index (χ4n) is 4.04. The van der Waals surface area contributed by atoms with E-state index in [1.54, 1.807) is 42.5 Å². The summed E-state index contributed by atoms with van der Waals surface area (Å²) in [4.78, 5) is 53.7. The number of aromatic amines is 1. The number of para-hydroxylation sites is 1. The van der Waals surface area contributed by atoms with E-state index < -0.39 is 22.0 Å². The lowest BCUT2D eigenvalue weighted by atomic mass is 9.83. The van der Waals surface area contributed by atoms with E-state index in [1.807, 2.05) is 0 Å².